The number of anilines is 1. The third kappa shape index (κ3) is 3.82. The molecule has 0 bridgehead atoms. The Hall–Kier alpha value is -2.34. The molecule has 0 aliphatic heterocycles. The van der Waals surface area contributed by atoms with Gasteiger partial charge < -0.3 is 15.7 Å². The van der Waals surface area contributed by atoms with Crippen LogP contribution in [0.25, 0.3) is 0 Å². The van der Waals surface area contributed by atoms with E-state index in [1.807, 2.05) is 23.6 Å². The molecule has 0 aliphatic carbocycles. The second-order valence-electron chi connectivity index (χ2n) is 4.43. The van der Waals surface area contributed by atoms with Gasteiger partial charge in [-0.2, -0.15) is 0 Å². The summed E-state index contributed by atoms with van der Waals surface area (Å²) in [5.74, 6) is -1.24. The molecule has 1 aromatic heterocycles. The van der Waals surface area contributed by atoms with Crippen molar-refractivity contribution in [1.29, 1.82) is 0 Å². The Morgan fingerprint density at radius 3 is 2.62 bits per heavy atom. The fourth-order valence-corrected chi connectivity index (χ4v) is 2.80. The fraction of sp³-hybridized carbons (Fsp3) is 0.200. The summed E-state index contributed by atoms with van der Waals surface area (Å²) in [6.45, 7) is 0. The van der Waals surface area contributed by atoms with Crippen molar-refractivity contribution in [2.45, 2.75) is 12.5 Å². The van der Waals surface area contributed by atoms with Gasteiger partial charge in [-0.15, -0.1) is 11.3 Å². The predicted octanol–water partition coefficient (Wildman–Crippen LogP) is 2.74. The number of benzene rings is 1. The van der Waals surface area contributed by atoms with Crippen molar-refractivity contribution in [1.82, 2.24) is 5.32 Å². The second kappa shape index (κ2) is 6.90. The molecule has 0 fully saturated rings. The van der Waals surface area contributed by atoms with Crippen molar-refractivity contribution < 1.29 is 14.7 Å². The number of rotatable bonds is 6. The predicted molar refractivity (Wildman–Crippen MR) is 82.8 cm³/mol. The topological polar surface area (TPSA) is 78.4 Å². The minimum Gasteiger partial charge on any atom is -0.481 e. The van der Waals surface area contributed by atoms with Gasteiger partial charge in [0.2, 0.25) is 0 Å². The van der Waals surface area contributed by atoms with Crippen molar-refractivity contribution in [3.63, 3.8) is 0 Å². The highest BCUT2D eigenvalue weighted by atomic mass is 32.1. The molecule has 1 heterocycles. The molecular weight excluding hydrogens is 288 g/mol. The smallest absolute Gasteiger partial charge is 0.305 e. The zero-order valence-corrected chi connectivity index (χ0v) is 12.3. The molecule has 1 aromatic carbocycles. The van der Waals surface area contributed by atoms with Gasteiger partial charge in [0, 0.05) is 17.6 Å². The number of carboxylic acid groups (broad SMARTS) is 1. The van der Waals surface area contributed by atoms with Crippen LogP contribution >= 0.6 is 11.3 Å². The number of aliphatic carboxylic acids is 1. The molecule has 3 N–H and O–H groups in total. The van der Waals surface area contributed by atoms with Crippen LogP contribution in [0.15, 0.2) is 41.8 Å². The standard InChI is InChI=1S/C15H16N2O3S/c1-16-11-6-3-2-5-10(11)15(20)17-12(9-14(18)19)13-7-4-8-21-13/h2-8,12,16H,9H2,1H3,(H,17,20)(H,18,19). The van der Waals surface area contributed by atoms with E-state index in [4.69, 9.17) is 5.11 Å². The summed E-state index contributed by atoms with van der Waals surface area (Å²) >= 11 is 1.43. The summed E-state index contributed by atoms with van der Waals surface area (Å²) in [5, 5.41) is 16.6. The molecule has 2 rings (SSSR count). The number of hydrogen-bond acceptors (Lipinski definition) is 4. The number of hydrogen-bond donors (Lipinski definition) is 3. The van der Waals surface area contributed by atoms with E-state index in [1.54, 1.807) is 25.2 Å². The molecule has 1 unspecified atom stereocenters. The van der Waals surface area contributed by atoms with Crippen molar-refractivity contribution >= 4 is 28.9 Å². The van der Waals surface area contributed by atoms with Gasteiger partial charge in [-0.3, -0.25) is 9.59 Å². The molecule has 6 heteroatoms. The highest BCUT2D eigenvalue weighted by Crippen LogP contribution is 2.23. The maximum Gasteiger partial charge on any atom is 0.305 e. The Morgan fingerprint density at radius 1 is 1.24 bits per heavy atom. The van der Waals surface area contributed by atoms with E-state index < -0.39 is 12.0 Å². The number of nitrogens with one attached hydrogen (secondary N) is 2. The van der Waals surface area contributed by atoms with Gasteiger partial charge in [0.05, 0.1) is 18.0 Å². The van der Waals surface area contributed by atoms with Crippen molar-refractivity contribution in [3.8, 4) is 0 Å². The summed E-state index contributed by atoms with van der Waals surface area (Å²) < 4.78 is 0. The van der Waals surface area contributed by atoms with Crippen LogP contribution in [0.2, 0.25) is 0 Å². The number of amides is 1. The minimum atomic E-state index is -0.949. The highest BCUT2D eigenvalue weighted by molar-refractivity contribution is 7.10. The van der Waals surface area contributed by atoms with Gasteiger partial charge in [-0.1, -0.05) is 18.2 Å². The minimum absolute atomic E-state index is 0.145. The lowest BCUT2D eigenvalue weighted by molar-refractivity contribution is -0.137. The number of carbonyl (C=O) groups is 2. The summed E-state index contributed by atoms with van der Waals surface area (Å²) in [5.41, 5.74) is 1.20. The van der Waals surface area contributed by atoms with Crippen LogP contribution in [0.3, 0.4) is 0 Å². The molecule has 0 spiro atoms. The van der Waals surface area contributed by atoms with Crippen LogP contribution in [-0.4, -0.2) is 24.0 Å². The quantitative estimate of drug-likeness (QED) is 0.767. The summed E-state index contributed by atoms with van der Waals surface area (Å²) in [7, 11) is 1.74. The van der Waals surface area contributed by atoms with Crippen molar-refractivity contribution in [2.75, 3.05) is 12.4 Å². The molecular formula is C15H16N2O3S. The fourth-order valence-electron chi connectivity index (χ4n) is 2.02. The molecule has 1 atom stereocenters. The summed E-state index contributed by atoms with van der Waals surface area (Å²) in [6.07, 6.45) is -0.145. The normalized spacial score (nSPS) is 11.7. The zero-order chi connectivity index (χ0) is 15.2. The monoisotopic (exact) mass is 304 g/mol. The van der Waals surface area contributed by atoms with Crippen molar-refractivity contribution in [2.24, 2.45) is 0 Å². The van der Waals surface area contributed by atoms with E-state index in [-0.39, 0.29) is 12.3 Å². The third-order valence-corrected chi connectivity index (χ3v) is 4.00. The van der Waals surface area contributed by atoms with Gasteiger partial charge in [-0.05, 0) is 23.6 Å². The van der Waals surface area contributed by atoms with E-state index in [0.717, 1.165) is 4.88 Å². The summed E-state index contributed by atoms with van der Waals surface area (Å²) in [4.78, 5) is 24.2. The number of carboxylic acids is 1. The van der Waals surface area contributed by atoms with Crippen molar-refractivity contribution in [3.05, 3.63) is 52.2 Å². The molecule has 5 nitrogen and oxygen atoms in total. The molecule has 21 heavy (non-hydrogen) atoms. The van der Waals surface area contributed by atoms with E-state index in [0.29, 0.717) is 11.3 Å². The third-order valence-electron chi connectivity index (χ3n) is 3.01. The van der Waals surface area contributed by atoms with E-state index in [9.17, 15) is 9.59 Å². The Labute approximate surface area is 126 Å². The average Bonchev–Trinajstić information content (AvgIpc) is 3.00. The van der Waals surface area contributed by atoms with Gasteiger partial charge in [0.25, 0.3) is 5.91 Å². The first-order valence-electron chi connectivity index (χ1n) is 6.44. The van der Waals surface area contributed by atoms with Crippen LogP contribution in [0, 0.1) is 0 Å². The average molecular weight is 304 g/mol. The summed E-state index contributed by atoms with van der Waals surface area (Å²) in [6, 6.07) is 10.2. The van der Waals surface area contributed by atoms with E-state index in [2.05, 4.69) is 10.6 Å². The largest absolute Gasteiger partial charge is 0.481 e. The molecule has 0 saturated carbocycles. The maximum atomic E-state index is 12.4. The van der Waals surface area contributed by atoms with Gasteiger partial charge in [0.15, 0.2) is 0 Å². The first kappa shape index (κ1) is 15.1. The van der Waals surface area contributed by atoms with Gasteiger partial charge in [0.1, 0.15) is 0 Å². The molecule has 110 valence electrons. The molecule has 0 radical (unpaired) electrons. The lowest BCUT2D eigenvalue weighted by atomic mass is 10.1. The Morgan fingerprint density at radius 2 is 2.00 bits per heavy atom. The van der Waals surface area contributed by atoms with Gasteiger partial charge >= 0.3 is 5.97 Å². The van der Waals surface area contributed by atoms with Crippen LogP contribution in [0.1, 0.15) is 27.7 Å². The SMILES string of the molecule is CNc1ccccc1C(=O)NC(CC(=O)O)c1cccs1. The van der Waals surface area contributed by atoms with Crippen LogP contribution in [0.5, 0.6) is 0 Å². The van der Waals surface area contributed by atoms with E-state index >= 15 is 0 Å². The Bertz CT molecular complexity index is 626. The molecule has 1 amide bonds. The number of thiophene rings is 1. The molecule has 0 saturated heterocycles. The zero-order valence-electron chi connectivity index (χ0n) is 11.5. The number of carbonyl (C=O) groups excluding carboxylic acids is 1. The molecule has 2 aromatic rings. The molecule has 0 aliphatic rings. The van der Waals surface area contributed by atoms with Crippen LogP contribution < -0.4 is 10.6 Å². The Kier molecular flexibility index (Phi) is 4.94. The second-order valence-corrected chi connectivity index (χ2v) is 5.41. The lowest BCUT2D eigenvalue weighted by Crippen LogP contribution is -2.30. The maximum absolute atomic E-state index is 12.4. The first-order chi connectivity index (χ1) is 10.1. The van der Waals surface area contributed by atoms with Crippen LogP contribution in [0.4, 0.5) is 5.69 Å². The first-order valence-corrected chi connectivity index (χ1v) is 7.32. The Balaban J connectivity index is 2.20. The highest BCUT2D eigenvalue weighted by Gasteiger charge is 2.20. The number of para-hydroxylation sites is 1. The lowest BCUT2D eigenvalue weighted by Gasteiger charge is -2.17. The van der Waals surface area contributed by atoms with Crippen LogP contribution in [-0.2, 0) is 4.79 Å². The van der Waals surface area contributed by atoms with E-state index in [1.165, 1.54) is 11.3 Å². The van der Waals surface area contributed by atoms with Gasteiger partial charge in [-0.25, -0.2) is 0 Å².